The summed E-state index contributed by atoms with van der Waals surface area (Å²) in [4.78, 5) is 14.5. The van der Waals surface area contributed by atoms with Crippen molar-refractivity contribution in [3.05, 3.63) is 45.5 Å². The van der Waals surface area contributed by atoms with Crippen molar-refractivity contribution in [3.8, 4) is 0 Å². The average molecular weight is 282 g/mol. The van der Waals surface area contributed by atoms with Crippen molar-refractivity contribution in [2.75, 3.05) is 11.9 Å². The molecule has 0 saturated carbocycles. The van der Waals surface area contributed by atoms with Gasteiger partial charge in [-0.25, -0.2) is 4.98 Å². The van der Waals surface area contributed by atoms with Crippen LogP contribution < -0.4 is 5.32 Å². The molecule has 1 N–H and O–H groups in total. The predicted octanol–water partition coefficient (Wildman–Crippen LogP) is 2.03. The number of para-hydroxylation sites is 1. The van der Waals surface area contributed by atoms with E-state index in [4.69, 9.17) is 11.6 Å². The number of rotatable bonds is 5. The molecule has 0 bridgehead atoms. The number of hydrogen-bond donors (Lipinski definition) is 1. The van der Waals surface area contributed by atoms with Gasteiger partial charge in [0.1, 0.15) is 17.0 Å². The van der Waals surface area contributed by atoms with Crippen molar-refractivity contribution in [3.63, 3.8) is 0 Å². The van der Waals surface area contributed by atoms with Crippen LogP contribution in [-0.2, 0) is 13.5 Å². The van der Waals surface area contributed by atoms with E-state index < -0.39 is 4.92 Å². The van der Waals surface area contributed by atoms with Crippen LogP contribution in [0.25, 0.3) is 0 Å². The van der Waals surface area contributed by atoms with E-state index in [-0.39, 0.29) is 10.7 Å². The summed E-state index contributed by atoms with van der Waals surface area (Å²) in [6, 6.07) is 4.78. The highest BCUT2D eigenvalue weighted by Crippen LogP contribution is 2.31. The Bertz CT molecular complexity index is 599. The summed E-state index contributed by atoms with van der Waals surface area (Å²) in [5, 5.41) is 18.1. The van der Waals surface area contributed by atoms with E-state index in [2.05, 4.69) is 15.4 Å². The van der Waals surface area contributed by atoms with Gasteiger partial charge in [-0.3, -0.25) is 14.8 Å². The predicted molar refractivity (Wildman–Crippen MR) is 71.3 cm³/mol. The molecule has 0 radical (unpaired) electrons. The summed E-state index contributed by atoms with van der Waals surface area (Å²) in [5.74, 6) is 0.680. The van der Waals surface area contributed by atoms with E-state index in [0.717, 1.165) is 0 Å². The second-order valence-electron chi connectivity index (χ2n) is 3.90. The second-order valence-corrected chi connectivity index (χ2v) is 4.31. The van der Waals surface area contributed by atoms with Gasteiger partial charge in [0.05, 0.1) is 4.92 Å². The van der Waals surface area contributed by atoms with Gasteiger partial charge in [0, 0.05) is 20.0 Å². The normalized spacial score (nSPS) is 10.4. The summed E-state index contributed by atoms with van der Waals surface area (Å²) >= 11 is 5.81. The molecular weight excluding hydrogens is 270 g/mol. The topological polar surface area (TPSA) is 85.9 Å². The fourth-order valence-corrected chi connectivity index (χ4v) is 1.89. The third-order valence-corrected chi connectivity index (χ3v) is 2.79. The van der Waals surface area contributed by atoms with Crippen LogP contribution in [0.3, 0.4) is 0 Å². The van der Waals surface area contributed by atoms with Crippen molar-refractivity contribution in [1.29, 1.82) is 0 Å². The first-order valence-corrected chi connectivity index (χ1v) is 5.97. The lowest BCUT2D eigenvalue weighted by Gasteiger charge is -2.06. The zero-order chi connectivity index (χ0) is 13.8. The first-order chi connectivity index (χ1) is 9.08. The molecule has 0 aliphatic carbocycles. The van der Waals surface area contributed by atoms with Crippen LogP contribution in [0.15, 0.2) is 24.5 Å². The van der Waals surface area contributed by atoms with Gasteiger partial charge in [-0.15, -0.1) is 0 Å². The number of nitro benzene ring substituents is 1. The van der Waals surface area contributed by atoms with Gasteiger partial charge >= 0.3 is 5.69 Å². The fourth-order valence-electron chi connectivity index (χ4n) is 1.65. The molecular formula is C11H12ClN5O2. The SMILES string of the molecule is Cn1cnc(CCNc2cccc(Cl)c2[N+](=O)[O-])n1. The Balaban J connectivity index is 2.03. The maximum atomic E-state index is 10.9. The number of benzene rings is 1. The molecule has 7 nitrogen and oxygen atoms in total. The lowest BCUT2D eigenvalue weighted by Crippen LogP contribution is -2.08. The molecule has 19 heavy (non-hydrogen) atoms. The number of hydrogen-bond acceptors (Lipinski definition) is 5. The molecule has 1 aromatic heterocycles. The minimum atomic E-state index is -0.496. The molecule has 0 unspecified atom stereocenters. The number of aryl methyl sites for hydroxylation is 1. The smallest absolute Gasteiger partial charge is 0.310 e. The van der Waals surface area contributed by atoms with Crippen molar-refractivity contribution < 1.29 is 4.92 Å². The standard InChI is InChI=1S/C11H12ClN5O2/c1-16-7-14-10(15-16)5-6-13-9-4-2-3-8(12)11(9)17(18)19/h2-4,7,13H,5-6H2,1H3. The summed E-state index contributed by atoms with van der Waals surface area (Å²) in [7, 11) is 1.78. The van der Waals surface area contributed by atoms with Crippen LogP contribution in [0, 0.1) is 10.1 Å². The molecule has 100 valence electrons. The second kappa shape index (κ2) is 5.66. The van der Waals surface area contributed by atoms with Crippen LogP contribution in [0.5, 0.6) is 0 Å². The van der Waals surface area contributed by atoms with E-state index in [1.165, 1.54) is 6.07 Å². The molecule has 0 amide bonds. The van der Waals surface area contributed by atoms with E-state index in [1.807, 2.05) is 0 Å². The zero-order valence-electron chi connectivity index (χ0n) is 10.2. The number of aromatic nitrogens is 3. The lowest BCUT2D eigenvalue weighted by molar-refractivity contribution is -0.383. The minimum absolute atomic E-state index is 0.113. The van der Waals surface area contributed by atoms with Crippen molar-refractivity contribution >= 4 is 23.0 Å². The number of halogens is 1. The van der Waals surface area contributed by atoms with E-state index in [9.17, 15) is 10.1 Å². The Hall–Kier alpha value is -2.15. The lowest BCUT2D eigenvalue weighted by atomic mass is 10.2. The quantitative estimate of drug-likeness (QED) is 0.669. The van der Waals surface area contributed by atoms with E-state index in [1.54, 1.807) is 30.2 Å². The highest BCUT2D eigenvalue weighted by molar-refractivity contribution is 6.33. The first-order valence-electron chi connectivity index (χ1n) is 5.59. The zero-order valence-corrected chi connectivity index (χ0v) is 11.0. The minimum Gasteiger partial charge on any atom is -0.379 e. The highest BCUT2D eigenvalue weighted by atomic mass is 35.5. The maximum Gasteiger partial charge on any atom is 0.310 e. The Labute approximate surface area is 114 Å². The van der Waals surface area contributed by atoms with Gasteiger partial charge in [0.15, 0.2) is 5.82 Å². The molecule has 0 fully saturated rings. The third-order valence-electron chi connectivity index (χ3n) is 2.48. The molecule has 2 rings (SSSR count). The first kappa shape index (κ1) is 13.3. The summed E-state index contributed by atoms with van der Waals surface area (Å²) < 4.78 is 1.61. The van der Waals surface area contributed by atoms with Gasteiger partial charge in [-0.1, -0.05) is 17.7 Å². The molecule has 0 aliphatic heterocycles. The largest absolute Gasteiger partial charge is 0.379 e. The van der Waals surface area contributed by atoms with Crippen molar-refractivity contribution in [2.45, 2.75) is 6.42 Å². The number of nitrogens with one attached hydrogen (secondary N) is 1. The molecule has 0 spiro atoms. The van der Waals surface area contributed by atoms with E-state index in [0.29, 0.717) is 24.5 Å². The molecule has 0 atom stereocenters. The van der Waals surface area contributed by atoms with Crippen LogP contribution in [-0.4, -0.2) is 26.2 Å². The molecule has 1 heterocycles. The Kier molecular flexibility index (Phi) is 3.96. The summed E-state index contributed by atoms with van der Waals surface area (Å²) in [5.41, 5.74) is 0.284. The van der Waals surface area contributed by atoms with Gasteiger partial charge < -0.3 is 5.32 Å². The van der Waals surface area contributed by atoms with Crippen LogP contribution >= 0.6 is 11.6 Å². The molecule has 0 aliphatic rings. The number of nitro groups is 1. The van der Waals surface area contributed by atoms with E-state index >= 15 is 0 Å². The highest BCUT2D eigenvalue weighted by Gasteiger charge is 2.17. The Morgan fingerprint density at radius 1 is 1.53 bits per heavy atom. The molecule has 2 aromatic rings. The van der Waals surface area contributed by atoms with Gasteiger partial charge in [0.25, 0.3) is 0 Å². The van der Waals surface area contributed by atoms with Crippen LogP contribution in [0.2, 0.25) is 5.02 Å². The Morgan fingerprint density at radius 3 is 2.95 bits per heavy atom. The molecule has 1 aromatic carbocycles. The molecule has 8 heteroatoms. The third kappa shape index (κ3) is 3.19. The summed E-state index contributed by atoms with van der Waals surface area (Å²) in [6.07, 6.45) is 2.18. The fraction of sp³-hybridized carbons (Fsp3) is 0.273. The van der Waals surface area contributed by atoms with Gasteiger partial charge in [-0.2, -0.15) is 5.10 Å². The average Bonchev–Trinajstić information content (AvgIpc) is 2.74. The van der Waals surface area contributed by atoms with Crippen LogP contribution in [0.1, 0.15) is 5.82 Å². The van der Waals surface area contributed by atoms with Crippen molar-refractivity contribution in [1.82, 2.24) is 14.8 Å². The monoisotopic (exact) mass is 281 g/mol. The number of anilines is 1. The van der Waals surface area contributed by atoms with Crippen molar-refractivity contribution in [2.24, 2.45) is 7.05 Å². The maximum absolute atomic E-state index is 10.9. The molecule has 0 saturated heterocycles. The summed E-state index contributed by atoms with van der Waals surface area (Å²) in [6.45, 7) is 0.491. The van der Waals surface area contributed by atoms with Gasteiger partial charge in [0.2, 0.25) is 0 Å². The number of nitrogens with zero attached hydrogens (tertiary/aromatic N) is 4. The van der Waals surface area contributed by atoms with Crippen LogP contribution in [0.4, 0.5) is 11.4 Å². The Morgan fingerprint density at radius 2 is 2.32 bits per heavy atom. The van der Waals surface area contributed by atoms with Gasteiger partial charge in [-0.05, 0) is 12.1 Å².